The van der Waals surface area contributed by atoms with Crippen molar-refractivity contribution in [3.63, 3.8) is 0 Å². The third-order valence-electron chi connectivity index (χ3n) is 2.44. The van der Waals surface area contributed by atoms with Crippen molar-refractivity contribution >= 4 is 23.6 Å². The van der Waals surface area contributed by atoms with E-state index in [1.165, 1.54) is 6.20 Å². The third-order valence-corrected chi connectivity index (χ3v) is 3.08. The zero-order chi connectivity index (χ0) is 13.5. The molecule has 0 fully saturated rings. The molecule has 1 rings (SSSR count). The predicted molar refractivity (Wildman–Crippen MR) is 70.9 cm³/mol. The summed E-state index contributed by atoms with van der Waals surface area (Å²) in [4.78, 5) is 26.9. The van der Waals surface area contributed by atoms with Gasteiger partial charge >= 0.3 is 5.97 Å². The molecule has 1 aromatic heterocycles. The maximum absolute atomic E-state index is 11.9. The number of pyridine rings is 1. The van der Waals surface area contributed by atoms with Gasteiger partial charge in [0.15, 0.2) is 0 Å². The highest BCUT2D eigenvalue weighted by Crippen LogP contribution is 2.06. The summed E-state index contributed by atoms with van der Waals surface area (Å²) in [6.45, 7) is 1.76. The van der Waals surface area contributed by atoms with Crippen LogP contribution in [0.5, 0.6) is 0 Å². The molecule has 1 aromatic rings. The minimum Gasteiger partial charge on any atom is -0.480 e. The van der Waals surface area contributed by atoms with E-state index < -0.39 is 17.9 Å². The lowest BCUT2D eigenvalue weighted by molar-refractivity contribution is -0.139. The normalized spacial score (nSPS) is 11.9. The summed E-state index contributed by atoms with van der Waals surface area (Å²) in [7, 11) is 0. The van der Waals surface area contributed by atoms with Crippen LogP contribution in [0.1, 0.15) is 22.5 Å². The molecular formula is C12H16N2O3S. The van der Waals surface area contributed by atoms with Gasteiger partial charge in [-0.15, -0.1) is 0 Å². The first-order chi connectivity index (χ1) is 8.56. The first-order valence-electron chi connectivity index (χ1n) is 5.50. The highest BCUT2D eigenvalue weighted by Gasteiger charge is 2.21. The fraction of sp³-hybridized carbons (Fsp3) is 0.417. The topological polar surface area (TPSA) is 79.3 Å². The van der Waals surface area contributed by atoms with Gasteiger partial charge < -0.3 is 10.4 Å². The number of thioether (sulfide) groups is 1. The molecular weight excluding hydrogens is 252 g/mol. The Kier molecular flexibility index (Phi) is 5.64. The molecule has 0 bridgehead atoms. The molecule has 1 amide bonds. The number of aryl methyl sites for hydroxylation is 1. The van der Waals surface area contributed by atoms with Crippen molar-refractivity contribution in [2.24, 2.45) is 0 Å². The smallest absolute Gasteiger partial charge is 0.326 e. The molecule has 5 nitrogen and oxygen atoms in total. The lowest BCUT2D eigenvalue weighted by Crippen LogP contribution is -2.41. The Balaban J connectivity index is 2.72. The zero-order valence-electron chi connectivity index (χ0n) is 10.3. The summed E-state index contributed by atoms with van der Waals surface area (Å²) in [5.41, 5.74) is 0.997. The molecule has 2 N–H and O–H groups in total. The van der Waals surface area contributed by atoms with Crippen LogP contribution < -0.4 is 5.32 Å². The van der Waals surface area contributed by atoms with Gasteiger partial charge in [-0.05, 0) is 37.0 Å². The van der Waals surface area contributed by atoms with E-state index in [1.807, 2.05) is 6.26 Å². The van der Waals surface area contributed by atoms with Crippen LogP contribution in [0.25, 0.3) is 0 Å². The van der Waals surface area contributed by atoms with Crippen molar-refractivity contribution in [3.8, 4) is 0 Å². The van der Waals surface area contributed by atoms with Gasteiger partial charge in [0.1, 0.15) is 11.7 Å². The number of aromatic nitrogens is 1. The lowest BCUT2D eigenvalue weighted by atomic mass is 10.2. The Bertz CT molecular complexity index is 437. The lowest BCUT2D eigenvalue weighted by Gasteiger charge is -2.14. The quantitative estimate of drug-likeness (QED) is 0.813. The van der Waals surface area contributed by atoms with E-state index in [9.17, 15) is 9.59 Å². The molecule has 0 radical (unpaired) electrons. The number of carbonyl (C=O) groups excluding carboxylic acids is 1. The summed E-state index contributed by atoms with van der Waals surface area (Å²) in [5, 5.41) is 11.5. The number of hydrogen-bond donors (Lipinski definition) is 2. The van der Waals surface area contributed by atoms with Crippen molar-refractivity contribution in [2.45, 2.75) is 19.4 Å². The Morgan fingerprint density at radius 2 is 2.28 bits per heavy atom. The second-order valence-corrected chi connectivity index (χ2v) is 4.80. The van der Waals surface area contributed by atoms with E-state index in [-0.39, 0.29) is 5.69 Å². The number of carbonyl (C=O) groups is 2. The second-order valence-electron chi connectivity index (χ2n) is 3.81. The fourth-order valence-electron chi connectivity index (χ4n) is 1.44. The van der Waals surface area contributed by atoms with E-state index in [0.29, 0.717) is 12.2 Å². The van der Waals surface area contributed by atoms with E-state index in [0.717, 1.165) is 5.56 Å². The molecule has 0 saturated heterocycles. The number of carboxylic acid groups (broad SMARTS) is 1. The van der Waals surface area contributed by atoms with Gasteiger partial charge in [-0.2, -0.15) is 11.8 Å². The molecule has 0 spiro atoms. The molecule has 18 heavy (non-hydrogen) atoms. The number of nitrogens with zero attached hydrogens (tertiary/aromatic N) is 1. The molecule has 1 unspecified atom stereocenters. The molecule has 0 aliphatic heterocycles. The molecule has 0 saturated carbocycles. The van der Waals surface area contributed by atoms with Crippen LogP contribution in [0.15, 0.2) is 18.3 Å². The van der Waals surface area contributed by atoms with E-state index in [2.05, 4.69) is 10.3 Å². The number of amides is 1. The predicted octanol–water partition coefficient (Wildman–Crippen LogP) is 1.33. The fourth-order valence-corrected chi connectivity index (χ4v) is 1.91. The molecule has 1 heterocycles. The van der Waals surface area contributed by atoms with E-state index >= 15 is 0 Å². The van der Waals surface area contributed by atoms with Crippen LogP contribution in [-0.2, 0) is 4.79 Å². The minimum atomic E-state index is -1.02. The third kappa shape index (κ3) is 4.03. The van der Waals surface area contributed by atoms with Crippen LogP contribution in [0.3, 0.4) is 0 Å². The van der Waals surface area contributed by atoms with E-state index in [4.69, 9.17) is 5.11 Å². The van der Waals surface area contributed by atoms with Gasteiger partial charge in [-0.25, -0.2) is 4.79 Å². The molecule has 6 heteroatoms. The Hall–Kier alpha value is -1.56. The van der Waals surface area contributed by atoms with Gasteiger partial charge in [0.05, 0.1) is 0 Å². The monoisotopic (exact) mass is 268 g/mol. The van der Waals surface area contributed by atoms with Crippen LogP contribution in [0.2, 0.25) is 0 Å². The van der Waals surface area contributed by atoms with Crippen molar-refractivity contribution in [2.75, 3.05) is 12.0 Å². The Morgan fingerprint density at radius 1 is 1.56 bits per heavy atom. The van der Waals surface area contributed by atoms with Crippen molar-refractivity contribution in [1.82, 2.24) is 10.3 Å². The number of nitrogens with one attached hydrogen (secondary N) is 1. The Labute approximate surface area is 110 Å². The summed E-state index contributed by atoms with van der Waals surface area (Å²) >= 11 is 1.54. The van der Waals surface area contributed by atoms with Crippen LogP contribution in [-0.4, -0.2) is 40.0 Å². The molecule has 0 aromatic carbocycles. The highest BCUT2D eigenvalue weighted by atomic mass is 32.2. The first-order valence-corrected chi connectivity index (χ1v) is 6.90. The SMILES string of the molecule is CSCCC(NC(=O)c1ncccc1C)C(=O)O. The summed E-state index contributed by atoms with van der Waals surface area (Å²) < 4.78 is 0. The number of rotatable bonds is 6. The van der Waals surface area contributed by atoms with Crippen LogP contribution in [0, 0.1) is 6.92 Å². The Morgan fingerprint density at radius 3 is 2.83 bits per heavy atom. The van der Waals surface area contributed by atoms with Crippen LogP contribution in [0.4, 0.5) is 0 Å². The average molecular weight is 268 g/mol. The summed E-state index contributed by atoms with van der Waals surface area (Å²) in [5.74, 6) is -0.786. The largest absolute Gasteiger partial charge is 0.480 e. The van der Waals surface area contributed by atoms with Crippen molar-refractivity contribution < 1.29 is 14.7 Å². The second kappa shape index (κ2) is 7.00. The molecule has 98 valence electrons. The van der Waals surface area contributed by atoms with E-state index in [1.54, 1.807) is 30.8 Å². The minimum absolute atomic E-state index is 0.271. The van der Waals surface area contributed by atoms with Gasteiger partial charge in [-0.3, -0.25) is 9.78 Å². The average Bonchev–Trinajstić information content (AvgIpc) is 2.34. The van der Waals surface area contributed by atoms with Gasteiger partial charge in [0.25, 0.3) is 5.91 Å². The molecule has 0 aliphatic carbocycles. The molecule has 0 aliphatic rings. The maximum atomic E-state index is 11.9. The van der Waals surface area contributed by atoms with Crippen LogP contribution >= 0.6 is 11.8 Å². The summed E-state index contributed by atoms with van der Waals surface area (Å²) in [6.07, 6.45) is 3.80. The highest BCUT2D eigenvalue weighted by molar-refractivity contribution is 7.98. The van der Waals surface area contributed by atoms with Crippen molar-refractivity contribution in [3.05, 3.63) is 29.6 Å². The van der Waals surface area contributed by atoms with Gasteiger partial charge in [-0.1, -0.05) is 6.07 Å². The molecule has 1 atom stereocenters. The van der Waals surface area contributed by atoms with Gasteiger partial charge in [0.2, 0.25) is 0 Å². The van der Waals surface area contributed by atoms with Crippen molar-refractivity contribution in [1.29, 1.82) is 0 Å². The first kappa shape index (κ1) is 14.5. The standard InChI is InChI=1S/C12H16N2O3S/c1-8-4-3-6-13-10(8)11(15)14-9(12(16)17)5-7-18-2/h3-4,6,9H,5,7H2,1-2H3,(H,14,15)(H,16,17). The number of aliphatic carboxylic acids is 1. The number of hydrogen-bond acceptors (Lipinski definition) is 4. The maximum Gasteiger partial charge on any atom is 0.326 e. The summed E-state index contributed by atoms with van der Waals surface area (Å²) in [6, 6.07) is 2.63. The van der Waals surface area contributed by atoms with Gasteiger partial charge in [0, 0.05) is 6.20 Å². The number of carboxylic acids is 1. The zero-order valence-corrected chi connectivity index (χ0v) is 11.2.